The second-order valence-corrected chi connectivity index (χ2v) is 7.02. The van der Waals surface area contributed by atoms with Gasteiger partial charge in [-0.2, -0.15) is 18.3 Å². The summed E-state index contributed by atoms with van der Waals surface area (Å²) >= 11 is 0. The molecule has 0 fully saturated rings. The van der Waals surface area contributed by atoms with Gasteiger partial charge in [-0.25, -0.2) is 13.4 Å². The highest BCUT2D eigenvalue weighted by Crippen LogP contribution is 2.32. The van der Waals surface area contributed by atoms with Crippen molar-refractivity contribution in [3.05, 3.63) is 47.2 Å². The molecule has 1 heterocycles. The maximum atomic E-state index is 13.2. The molecule has 0 aliphatic heterocycles. The maximum Gasteiger partial charge on any atom is 0.416 e. The third-order valence-electron chi connectivity index (χ3n) is 3.11. The lowest BCUT2D eigenvalue weighted by Crippen LogP contribution is -2.14. The van der Waals surface area contributed by atoms with Gasteiger partial charge in [0.15, 0.2) is 5.03 Å². The van der Waals surface area contributed by atoms with Crippen LogP contribution in [0, 0.1) is 6.92 Å². The highest BCUT2D eigenvalue weighted by molar-refractivity contribution is 7.93. The summed E-state index contributed by atoms with van der Waals surface area (Å²) in [6.45, 7) is 1.48. The zero-order valence-electron chi connectivity index (χ0n) is 12.5. The van der Waals surface area contributed by atoms with E-state index in [4.69, 9.17) is 0 Å². The maximum absolute atomic E-state index is 13.2. The first-order valence-electron chi connectivity index (χ1n) is 6.50. The van der Waals surface area contributed by atoms with Gasteiger partial charge in [-0.05, 0) is 31.2 Å². The molecule has 0 radical (unpaired) electrons. The monoisotopic (exact) mass is 359 g/mol. The van der Waals surface area contributed by atoms with Crippen LogP contribution in [0.4, 0.5) is 13.2 Å². The van der Waals surface area contributed by atoms with Crippen molar-refractivity contribution in [3.8, 4) is 0 Å². The van der Waals surface area contributed by atoms with Crippen LogP contribution in [0.25, 0.3) is 0 Å². The summed E-state index contributed by atoms with van der Waals surface area (Å²) in [4.78, 5) is 11.1. The number of benzene rings is 1. The lowest BCUT2D eigenvalue weighted by Gasteiger charge is -2.13. The highest BCUT2D eigenvalue weighted by atomic mass is 32.2. The Morgan fingerprint density at radius 3 is 2.46 bits per heavy atom. The Morgan fingerprint density at radius 1 is 1.25 bits per heavy atom. The van der Waals surface area contributed by atoms with E-state index < -0.39 is 38.0 Å². The van der Waals surface area contributed by atoms with Crippen LogP contribution in [-0.2, 0) is 15.9 Å². The fraction of sp³-hybridized carbons (Fsp3) is 0.214. The molecule has 0 saturated heterocycles. The number of hydrogen-bond acceptors (Lipinski definition) is 5. The number of aromatic carboxylic acids is 1. The average Bonchev–Trinajstić information content (AvgIpc) is 2.53. The van der Waals surface area contributed by atoms with Gasteiger partial charge in [-0.1, -0.05) is 6.07 Å². The number of carboxylic acids is 1. The number of nitrogens with zero attached hydrogens (tertiary/aromatic N) is 3. The number of alkyl halides is 3. The van der Waals surface area contributed by atoms with Crippen LogP contribution in [0.3, 0.4) is 0 Å². The van der Waals surface area contributed by atoms with E-state index >= 15 is 0 Å². The van der Waals surface area contributed by atoms with Crippen LogP contribution in [0.2, 0.25) is 0 Å². The largest absolute Gasteiger partial charge is 0.478 e. The van der Waals surface area contributed by atoms with E-state index in [0.29, 0.717) is 6.07 Å². The summed E-state index contributed by atoms with van der Waals surface area (Å²) in [5.74, 6) is -1.42. The number of carbonyl (C=O) groups is 1. The number of aryl methyl sites for hydroxylation is 1. The summed E-state index contributed by atoms with van der Waals surface area (Å²) in [5, 5.41) is 16.1. The molecule has 1 N–H and O–H groups in total. The van der Waals surface area contributed by atoms with E-state index in [2.05, 4.69) is 14.6 Å². The number of carboxylic acid groups (broad SMARTS) is 1. The Hall–Kier alpha value is -2.49. The zero-order valence-corrected chi connectivity index (χ0v) is 13.4. The molecular formula is C14H12F3N3O3S. The third kappa shape index (κ3) is 3.23. The second-order valence-electron chi connectivity index (χ2n) is 4.74. The van der Waals surface area contributed by atoms with Gasteiger partial charge in [0.1, 0.15) is 9.73 Å². The van der Waals surface area contributed by atoms with E-state index in [1.807, 2.05) is 0 Å². The molecule has 6 nitrogen and oxygen atoms in total. The van der Waals surface area contributed by atoms with Crippen LogP contribution >= 0.6 is 0 Å². The van der Waals surface area contributed by atoms with Gasteiger partial charge in [0.25, 0.3) is 0 Å². The molecule has 0 saturated carbocycles. The molecule has 1 aromatic carbocycles. The topological polar surface area (TPSA) is 92.5 Å². The number of halogens is 3. The summed E-state index contributed by atoms with van der Waals surface area (Å²) in [7, 11) is -2.57. The lowest BCUT2D eigenvalue weighted by atomic mass is 10.2. The minimum atomic E-state index is -4.64. The molecule has 2 aromatic rings. The van der Waals surface area contributed by atoms with Gasteiger partial charge in [0, 0.05) is 7.05 Å². The molecule has 0 amide bonds. The van der Waals surface area contributed by atoms with Gasteiger partial charge in [-0.3, -0.25) is 0 Å². The number of aromatic nitrogens is 2. The predicted octanol–water partition coefficient (Wildman–Crippen LogP) is 3.02. The first-order valence-corrected chi connectivity index (χ1v) is 8.01. The van der Waals surface area contributed by atoms with Gasteiger partial charge in [0.05, 0.1) is 21.7 Å². The molecule has 0 bridgehead atoms. The van der Waals surface area contributed by atoms with Crippen molar-refractivity contribution in [3.63, 3.8) is 0 Å². The predicted molar refractivity (Wildman–Crippen MR) is 78.2 cm³/mol. The van der Waals surface area contributed by atoms with Crippen LogP contribution < -0.4 is 0 Å². The van der Waals surface area contributed by atoms with Gasteiger partial charge < -0.3 is 5.11 Å². The summed E-state index contributed by atoms with van der Waals surface area (Å²) in [6.07, 6.45) is -4.64. The minimum Gasteiger partial charge on any atom is -0.478 e. The Labute approximate surface area is 135 Å². The molecule has 0 spiro atoms. The van der Waals surface area contributed by atoms with Gasteiger partial charge in [-0.15, -0.1) is 5.10 Å². The average molecular weight is 359 g/mol. The molecule has 0 unspecified atom stereocenters. The smallest absolute Gasteiger partial charge is 0.416 e. The highest BCUT2D eigenvalue weighted by Gasteiger charge is 2.32. The Kier molecular flexibility index (Phi) is 4.61. The Morgan fingerprint density at radius 2 is 1.92 bits per heavy atom. The van der Waals surface area contributed by atoms with Crippen molar-refractivity contribution in [2.24, 2.45) is 4.36 Å². The minimum absolute atomic E-state index is 0.262. The van der Waals surface area contributed by atoms with Gasteiger partial charge in [0.2, 0.25) is 0 Å². The zero-order chi connectivity index (χ0) is 18.1. The molecule has 0 aliphatic carbocycles. The fourth-order valence-electron chi connectivity index (χ4n) is 1.98. The molecule has 128 valence electrons. The van der Waals surface area contributed by atoms with Crippen LogP contribution in [0.15, 0.2) is 44.6 Å². The van der Waals surface area contributed by atoms with E-state index in [1.54, 1.807) is 0 Å². The summed E-state index contributed by atoms with van der Waals surface area (Å²) < 4.78 is 55.5. The second kappa shape index (κ2) is 6.19. The van der Waals surface area contributed by atoms with Gasteiger partial charge >= 0.3 is 12.1 Å². The summed E-state index contributed by atoms with van der Waals surface area (Å²) in [6, 6.07) is 4.88. The molecule has 0 aliphatic rings. The molecule has 2 rings (SSSR count). The van der Waals surface area contributed by atoms with E-state index in [0.717, 1.165) is 25.2 Å². The first-order chi connectivity index (χ1) is 11.1. The van der Waals surface area contributed by atoms with Crippen molar-refractivity contribution in [1.29, 1.82) is 0 Å². The molecule has 1 aromatic heterocycles. The lowest BCUT2D eigenvalue weighted by molar-refractivity contribution is -0.137. The molecule has 10 heteroatoms. The van der Waals surface area contributed by atoms with Crippen molar-refractivity contribution < 1.29 is 27.3 Å². The summed E-state index contributed by atoms with van der Waals surface area (Å²) in [5.41, 5.74) is -1.18. The third-order valence-corrected chi connectivity index (χ3v) is 5.35. The molecular weight excluding hydrogens is 347 g/mol. The molecule has 24 heavy (non-hydrogen) atoms. The standard InChI is InChI=1S/C14H12F3N3O3S/c1-8-6-11(13(21)22)12(20-19-8)24(23,18-2)10-5-3-4-9(7-10)14(15,16)17/h3-7H,1-2H3,(H,21,22)/t24-/m1/s1. The normalized spacial score (nSPS) is 14.0. The SMILES string of the molecule is CN=[S@@](=O)(c1cccc(C(F)(F)F)c1)c1nnc(C)cc1C(=O)O. The molecule has 1 atom stereocenters. The van der Waals surface area contributed by atoms with Crippen molar-refractivity contribution in [1.82, 2.24) is 10.2 Å². The van der Waals surface area contributed by atoms with Crippen molar-refractivity contribution in [2.75, 3.05) is 7.05 Å². The van der Waals surface area contributed by atoms with E-state index in [-0.39, 0.29) is 10.6 Å². The number of hydrogen-bond donors (Lipinski definition) is 1. The Balaban J connectivity index is 2.77. The van der Waals surface area contributed by atoms with E-state index in [1.165, 1.54) is 13.0 Å². The quantitative estimate of drug-likeness (QED) is 0.909. The van der Waals surface area contributed by atoms with Crippen molar-refractivity contribution >= 4 is 15.7 Å². The Bertz CT molecular complexity index is 919. The van der Waals surface area contributed by atoms with Crippen LogP contribution in [-0.4, -0.2) is 32.5 Å². The van der Waals surface area contributed by atoms with Crippen LogP contribution in [0.1, 0.15) is 21.6 Å². The van der Waals surface area contributed by atoms with Crippen molar-refractivity contribution in [2.45, 2.75) is 23.0 Å². The van der Waals surface area contributed by atoms with E-state index in [9.17, 15) is 27.3 Å². The first kappa shape index (κ1) is 17.9. The number of rotatable bonds is 3. The van der Waals surface area contributed by atoms with Crippen LogP contribution in [0.5, 0.6) is 0 Å². The fourth-order valence-corrected chi connectivity index (χ4v) is 3.74.